The minimum Gasteiger partial charge on any atom is -0.506 e. The Bertz CT molecular complexity index is 3610. The van der Waals surface area contributed by atoms with Crippen molar-refractivity contribution in [2.45, 2.75) is 48.5 Å². The molecule has 0 bridgehead atoms. The van der Waals surface area contributed by atoms with E-state index in [2.05, 4.69) is 67.5 Å². The molecule has 0 atom stereocenters. The second-order valence-electron chi connectivity index (χ2n) is 14.7. The predicted molar refractivity (Wildman–Crippen MR) is 308 cm³/mol. The predicted octanol–water partition coefficient (Wildman–Crippen LogP) is 11.9. The van der Waals surface area contributed by atoms with Gasteiger partial charge in [-0.3, -0.25) is 28.7 Å². The minimum absolute atomic E-state index is 0. The average molecular weight is 1250 g/mol. The lowest BCUT2D eigenvalue weighted by molar-refractivity contribution is -0.153. The summed E-state index contributed by atoms with van der Waals surface area (Å²) in [7, 11) is 0. The fourth-order valence-electron chi connectivity index (χ4n) is 6.31. The Morgan fingerprint density at radius 2 is 0.887 bits per heavy atom. The standard InChI is InChI=1S/C12H9Cl2NO2.C12H10ClNO3.C12H11NO4.C8H5NO3.C7H12O4.CH4.Cl3OP/c1-2-17-12(16)9-10(13)7-5-3-4-6-8(7)15-11(9)14;1-2-17-12(16)9-10(13)7-5-3-4-6-8(7)14-11(9)15;1-2-17-12(16)9-10(14)7-5-3-4-6-8(7)13-11(9)15;10-7-5-3-1-2-4-6(5)9-8(11)12-7;1-3-10-6(8)5-7(9)11-4-2;;1-5(2,3)4/h3-6H,2H2,1H3;3-6H,2H2,1H3,(H,14,15);3-6H,2H2,1H3,(H2,13,14,15);1-4H,(H,9,11);3-5H2,1-2H3;1H4;. The highest BCUT2D eigenvalue weighted by Crippen LogP contribution is 2.61. The zero-order chi connectivity index (χ0) is 59.0. The van der Waals surface area contributed by atoms with Crippen molar-refractivity contribution in [2.24, 2.45) is 0 Å². The highest BCUT2D eigenvalue weighted by atomic mass is 36.0. The number of aromatic nitrogens is 4. The molecule has 0 saturated carbocycles. The summed E-state index contributed by atoms with van der Waals surface area (Å²) >= 11 is 32.0. The fourth-order valence-corrected chi connectivity index (χ4v) is 7.28. The number of H-pyrrole nitrogens is 3. The number of nitrogens with one attached hydrogen (secondary N) is 3. The van der Waals surface area contributed by atoms with Gasteiger partial charge in [0.25, 0.3) is 11.1 Å². The number of rotatable bonds is 10. The molecule has 428 valence electrons. The van der Waals surface area contributed by atoms with E-state index in [0.29, 0.717) is 43.6 Å². The van der Waals surface area contributed by atoms with Crippen LogP contribution in [0.25, 0.3) is 43.6 Å². The normalized spacial score (nSPS) is 10.2. The van der Waals surface area contributed by atoms with Crippen LogP contribution in [-0.2, 0) is 37.8 Å². The molecule has 8 rings (SSSR count). The number of hydrogen-bond acceptors (Lipinski definition) is 18. The molecule has 21 nitrogen and oxygen atoms in total. The van der Waals surface area contributed by atoms with E-state index in [9.17, 15) is 52.8 Å². The van der Waals surface area contributed by atoms with Gasteiger partial charge in [0.05, 0.1) is 65.0 Å². The van der Waals surface area contributed by atoms with Gasteiger partial charge >= 0.3 is 46.4 Å². The number of fused-ring (bicyclic) bond motifs is 4. The van der Waals surface area contributed by atoms with Gasteiger partial charge in [-0.05, 0) is 105 Å². The first kappa shape index (κ1) is 68.9. The van der Waals surface area contributed by atoms with E-state index in [-0.39, 0.29) is 84.5 Å². The quantitative estimate of drug-likeness (QED) is 0.0325. The number of nitrogens with zero attached hydrogens (tertiary/aromatic N) is 1. The maximum Gasteiger partial charge on any atom is 0.419 e. The van der Waals surface area contributed by atoms with Gasteiger partial charge in [-0.15, -0.1) is 0 Å². The van der Waals surface area contributed by atoms with Crippen LogP contribution < -0.4 is 22.5 Å². The molecule has 80 heavy (non-hydrogen) atoms. The van der Waals surface area contributed by atoms with Gasteiger partial charge in [0.15, 0.2) is 5.56 Å². The Labute approximate surface area is 484 Å². The Morgan fingerprint density at radius 1 is 0.525 bits per heavy atom. The topological polar surface area (TPSA) is 310 Å². The maximum atomic E-state index is 11.7. The zero-order valence-electron chi connectivity index (χ0n) is 42.1. The van der Waals surface area contributed by atoms with E-state index in [4.69, 9.17) is 49.0 Å². The van der Waals surface area contributed by atoms with E-state index in [1.807, 2.05) is 12.1 Å². The summed E-state index contributed by atoms with van der Waals surface area (Å²) in [5, 5.41) is 9.25. The summed E-state index contributed by atoms with van der Waals surface area (Å²) in [4.78, 5) is 113. The number of para-hydroxylation sites is 4. The molecule has 4 aromatic carbocycles. The van der Waals surface area contributed by atoms with E-state index >= 15 is 0 Å². The first-order chi connectivity index (χ1) is 37.4. The molecule has 8 aromatic rings. The number of carbonyl (C=O) groups is 5. The number of halogens is 6. The summed E-state index contributed by atoms with van der Waals surface area (Å²) in [5.74, 6) is -4.22. The third kappa shape index (κ3) is 21.1. The third-order valence-corrected chi connectivity index (χ3v) is 10.5. The van der Waals surface area contributed by atoms with Crippen LogP contribution in [0.4, 0.5) is 0 Å². The molecular weight excluding hydrogens is 1200 g/mol. The van der Waals surface area contributed by atoms with Crippen LogP contribution in [0, 0.1) is 0 Å². The van der Waals surface area contributed by atoms with E-state index < -0.39 is 57.5 Å². The third-order valence-electron chi connectivity index (χ3n) is 9.44. The van der Waals surface area contributed by atoms with Crippen molar-refractivity contribution >= 4 is 147 Å². The van der Waals surface area contributed by atoms with Gasteiger partial charge in [-0.2, -0.15) is 0 Å². The van der Waals surface area contributed by atoms with Crippen LogP contribution in [0.1, 0.15) is 79.5 Å². The van der Waals surface area contributed by atoms with Crippen LogP contribution >= 0.6 is 73.7 Å². The van der Waals surface area contributed by atoms with Crippen molar-refractivity contribution in [1.82, 2.24) is 19.9 Å². The lowest BCUT2D eigenvalue weighted by Gasteiger charge is -2.08. The smallest absolute Gasteiger partial charge is 0.419 e. The van der Waals surface area contributed by atoms with Gasteiger partial charge in [0.2, 0.25) is 0 Å². The molecule has 0 aliphatic heterocycles. The monoisotopic (exact) mass is 1240 g/mol. The second kappa shape index (κ2) is 34.0. The van der Waals surface area contributed by atoms with Crippen molar-refractivity contribution in [2.75, 3.05) is 33.0 Å². The molecule has 0 aliphatic carbocycles. The first-order valence-electron chi connectivity index (χ1n) is 22.9. The van der Waals surface area contributed by atoms with Crippen molar-refractivity contribution in [3.63, 3.8) is 0 Å². The number of carbonyl (C=O) groups excluding carboxylic acids is 5. The maximum absolute atomic E-state index is 11.7. The molecule has 0 spiro atoms. The summed E-state index contributed by atoms with van der Waals surface area (Å²) in [6.45, 7) is 9.56. The molecule has 0 radical (unpaired) electrons. The van der Waals surface area contributed by atoms with Crippen molar-refractivity contribution in [1.29, 1.82) is 0 Å². The molecule has 0 unspecified atom stereocenters. The highest BCUT2D eigenvalue weighted by molar-refractivity contribution is 8.24. The number of hydrogen-bond donors (Lipinski definition) is 4. The Hall–Kier alpha value is -7.23. The summed E-state index contributed by atoms with van der Waals surface area (Å²) in [6, 6.07) is 27.6. The van der Waals surface area contributed by atoms with Gasteiger partial charge in [-0.1, -0.05) is 103 Å². The summed E-state index contributed by atoms with van der Waals surface area (Å²) in [6.07, 6.45) is -0.290. The molecule has 0 saturated heterocycles. The molecule has 4 aromatic heterocycles. The molecule has 0 aliphatic rings. The molecule has 0 fully saturated rings. The Kier molecular flexibility index (Phi) is 29.3. The zero-order valence-corrected chi connectivity index (χ0v) is 47.6. The van der Waals surface area contributed by atoms with E-state index in [1.165, 1.54) is 0 Å². The molecule has 28 heteroatoms. The summed E-state index contributed by atoms with van der Waals surface area (Å²) in [5.41, 5.74) is 0.0423. The van der Waals surface area contributed by atoms with Crippen molar-refractivity contribution in [3.8, 4) is 5.75 Å². The Balaban J connectivity index is 0.000000337. The highest BCUT2D eigenvalue weighted by Gasteiger charge is 2.22. The summed E-state index contributed by atoms with van der Waals surface area (Å²) < 4.78 is 37.3. The lowest BCUT2D eigenvalue weighted by Crippen LogP contribution is -2.20. The number of benzene rings is 4. The van der Waals surface area contributed by atoms with Crippen LogP contribution in [-0.4, -0.2) is 87.9 Å². The SMILES string of the molecule is C.CCOC(=O)CC(=O)OCC.CCOC(=O)c1c(Cl)c2ccccc2[nH]c1=O.CCOC(=O)c1c(Cl)nc2ccccc2c1Cl.CCOC(=O)c1c(O)c2ccccc2[nH]c1=O.O=P(Cl)(Cl)Cl.O=c1[nH]c2ccccc2c(=O)o1. The Morgan fingerprint density at radius 3 is 1.38 bits per heavy atom. The lowest BCUT2D eigenvalue weighted by atomic mass is 10.1. The number of aromatic amines is 3. The molecule has 4 heterocycles. The van der Waals surface area contributed by atoms with Crippen LogP contribution in [0.3, 0.4) is 0 Å². The van der Waals surface area contributed by atoms with Gasteiger partial charge < -0.3 is 43.2 Å². The number of aromatic hydroxyl groups is 1. The van der Waals surface area contributed by atoms with Gasteiger partial charge in [-0.25, -0.2) is 29.0 Å². The largest absolute Gasteiger partial charge is 0.506 e. The van der Waals surface area contributed by atoms with Gasteiger partial charge in [0.1, 0.15) is 28.5 Å². The second-order valence-corrected chi connectivity index (χ2v) is 22.5. The number of esters is 5. The van der Waals surface area contributed by atoms with E-state index in [0.717, 1.165) is 0 Å². The van der Waals surface area contributed by atoms with Gasteiger partial charge in [0, 0.05) is 21.7 Å². The number of ether oxygens (including phenoxy) is 5. The fraction of sp³-hybridized carbons (Fsp3) is 0.231. The van der Waals surface area contributed by atoms with Crippen LogP contribution in [0.2, 0.25) is 15.2 Å². The van der Waals surface area contributed by atoms with Crippen molar-refractivity contribution in [3.05, 3.63) is 171 Å². The van der Waals surface area contributed by atoms with Crippen LogP contribution in [0.15, 0.2) is 121 Å². The number of pyridine rings is 3. The first-order valence-corrected chi connectivity index (χ1v) is 28.5. The molecular formula is C52H51Cl6N4O17P. The van der Waals surface area contributed by atoms with Crippen LogP contribution in [0.5, 0.6) is 5.75 Å². The van der Waals surface area contributed by atoms with E-state index in [1.54, 1.807) is 120 Å². The molecule has 4 N–H and O–H groups in total. The molecule has 0 amide bonds. The average Bonchev–Trinajstić information content (AvgIpc) is 3.37. The minimum atomic E-state index is -3.22. The van der Waals surface area contributed by atoms with Crippen molar-refractivity contribution < 1.29 is 61.7 Å².